The molecule has 1 saturated heterocycles. The van der Waals surface area contributed by atoms with Gasteiger partial charge < -0.3 is 9.80 Å². The summed E-state index contributed by atoms with van der Waals surface area (Å²) in [6.45, 7) is 4.17. The van der Waals surface area contributed by atoms with Crippen molar-refractivity contribution in [2.75, 3.05) is 26.2 Å². The van der Waals surface area contributed by atoms with Crippen molar-refractivity contribution in [1.82, 2.24) is 4.90 Å². The van der Waals surface area contributed by atoms with Crippen LogP contribution >= 0.6 is 27.3 Å². The lowest BCUT2D eigenvalue weighted by Gasteiger charge is -2.32. The third-order valence-corrected chi connectivity index (χ3v) is 5.29. The highest BCUT2D eigenvalue weighted by Gasteiger charge is 2.26. The van der Waals surface area contributed by atoms with E-state index in [9.17, 15) is 9.18 Å². The van der Waals surface area contributed by atoms with Gasteiger partial charge in [-0.1, -0.05) is 22.0 Å². The van der Waals surface area contributed by atoms with Crippen molar-refractivity contribution in [2.24, 2.45) is 0 Å². The van der Waals surface area contributed by atoms with E-state index in [2.05, 4.69) is 33.4 Å². The van der Waals surface area contributed by atoms with E-state index in [0.29, 0.717) is 17.6 Å². The third-order valence-electron chi connectivity index (χ3n) is 3.92. The molecule has 0 atom stereocenters. The molecule has 0 radical (unpaired) electrons. The van der Waals surface area contributed by atoms with Gasteiger partial charge in [0.25, 0.3) is 5.91 Å². The molecule has 1 aliphatic rings. The minimum atomic E-state index is -0.465. The average Bonchev–Trinajstić information content (AvgIpc) is 3.00. The fraction of sp³-hybridized carbons (Fsp3) is 0.312. The molecule has 6 heteroatoms. The summed E-state index contributed by atoms with van der Waals surface area (Å²) in [6, 6.07) is 8.80. The SMILES string of the molecule is O=C(c1ccc(Br)cc1F)N1CC[NH+](Cc2cccs2)CC1. The highest BCUT2D eigenvalue weighted by atomic mass is 79.9. The molecular weight excluding hydrogens is 367 g/mol. The summed E-state index contributed by atoms with van der Waals surface area (Å²) >= 11 is 4.98. The number of piperazine rings is 1. The Bertz CT molecular complexity index is 654. The molecule has 1 aromatic heterocycles. The Hall–Kier alpha value is -1.24. The maximum atomic E-state index is 13.9. The number of rotatable bonds is 3. The molecule has 1 aliphatic heterocycles. The van der Waals surface area contributed by atoms with Crippen molar-refractivity contribution >= 4 is 33.2 Å². The Morgan fingerprint density at radius 3 is 2.73 bits per heavy atom. The minimum absolute atomic E-state index is 0.157. The van der Waals surface area contributed by atoms with E-state index < -0.39 is 5.82 Å². The number of nitrogens with zero attached hydrogens (tertiary/aromatic N) is 1. The fourth-order valence-electron chi connectivity index (χ4n) is 2.70. The number of hydrogen-bond donors (Lipinski definition) is 1. The van der Waals surface area contributed by atoms with Crippen LogP contribution in [0.3, 0.4) is 0 Å². The molecule has 1 N–H and O–H groups in total. The van der Waals surface area contributed by atoms with Crippen LogP contribution in [0.1, 0.15) is 15.2 Å². The molecule has 2 heterocycles. The molecule has 1 aromatic carbocycles. The zero-order valence-corrected chi connectivity index (χ0v) is 14.4. The average molecular weight is 384 g/mol. The normalized spacial score (nSPS) is 16.0. The van der Waals surface area contributed by atoms with Crippen LogP contribution in [0.15, 0.2) is 40.2 Å². The number of thiophene rings is 1. The zero-order valence-electron chi connectivity index (χ0n) is 12.0. The molecule has 0 aliphatic carbocycles. The second-order valence-corrected chi connectivity index (χ2v) is 7.37. The van der Waals surface area contributed by atoms with Crippen LogP contribution in [0.5, 0.6) is 0 Å². The second kappa shape index (κ2) is 6.89. The first-order valence-corrected chi connectivity index (χ1v) is 8.91. The van der Waals surface area contributed by atoms with E-state index in [4.69, 9.17) is 0 Å². The van der Waals surface area contributed by atoms with Crippen molar-refractivity contribution < 1.29 is 14.1 Å². The van der Waals surface area contributed by atoms with Crippen molar-refractivity contribution in [3.05, 3.63) is 56.4 Å². The molecule has 0 bridgehead atoms. The zero-order chi connectivity index (χ0) is 15.5. The number of hydrogen-bond acceptors (Lipinski definition) is 2. The van der Waals surface area contributed by atoms with Crippen molar-refractivity contribution in [3.8, 4) is 0 Å². The molecule has 116 valence electrons. The highest BCUT2D eigenvalue weighted by Crippen LogP contribution is 2.17. The van der Waals surface area contributed by atoms with Crippen molar-refractivity contribution in [2.45, 2.75) is 6.54 Å². The van der Waals surface area contributed by atoms with Gasteiger partial charge in [-0.3, -0.25) is 4.79 Å². The molecule has 2 aromatic rings. The molecule has 3 nitrogen and oxygen atoms in total. The van der Waals surface area contributed by atoms with Gasteiger partial charge in [-0.25, -0.2) is 4.39 Å². The predicted octanol–water partition coefficient (Wildman–Crippen LogP) is 2.19. The Balaban J connectivity index is 1.60. The summed E-state index contributed by atoms with van der Waals surface area (Å²) < 4.78 is 14.5. The summed E-state index contributed by atoms with van der Waals surface area (Å²) in [6.07, 6.45) is 0. The van der Waals surface area contributed by atoms with Crippen molar-refractivity contribution in [3.63, 3.8) is 0 Å². The number of halogens is 2. The first-order chi connectivity index (χ1) is 10.6. The fourth-order valence-corrected chi connectivity index (χ4v) is 3.81. The van der Waals surface area contributed by atoms with Gasteiger partial charge >= 0.3 is 0 Å². The number of quaternary nitrogens is 1. The first-order valence-electron chi connectivity index (χ1n) is 7.24. The van der Waals surface area contributed by atoms with E-state index in [1.54, 1.807) is 28.4 Å². The van der Waals surface area contributed by atoms with Gasteiger partial charge in [-0.2, -0.15) is 0 Å². The standard InChI is InChI=1S/C16H16BrFN2OS/c17-12-3-4-14(15(18)10-12)16(21)20-7-5-19(6-8-20)11-13-2-1-9-22-13/h1-4,9-10H,5-8,11H2/p+1. The minimum Gasteiger partial charge on any atom is -0.328 e. The van der Waals surface area contributed by atoms with Gasteiger partial charge in [0.2, 0.25) is 0 Å². The lowest BCUT2D eigenvalue weighted by atomic mass is 10.1. The Morgan fingerprint density at radius 2 is 2.09 bits per heavy atom. The monoisotopic (exact) mass is 383 g/mol. The van der Waals surface area contributed by atoms with Crippen LogP contribution in [-0.4, -0.2) is 37.0 Å². The van der Waals surface area contributed by atoms with E-state index in [1.165, 1.54) is 15.8 Å². The smallest absolute Gasteiger partial charge is 0.257 e. The summed E-state index contributed by atoms with van der Waals surface area (Å²) in [4.78, 5) is 17.0. The number of nitrogens with one attached hydrogen (secondary N) is 1. The van der Waals surface area contributed by atoms with Crippen LogP contribution in [0, 0.1) is 5.82 Å². The quantitative estimate of drug-likeness (QED) is 0.863. The van der Waals surface area contributed by atoms with Gasteiger partial charge in [-0.05, 0) is 29.6 Å². The van der Waals surface area contributed by atoms with Gasteiger partial charge in [0.05, 0.1) is 36.6 Å². The van der Waals surface area contributed by atoms with E-state index in [0.717, 1.165) is 19.6 Å². The molecular formula is C16H17BrFN2OS+. The van der Waals surface area contributed by atoms with Gasteiger partial charge in [-0.15, -0.1) is 11.3 Å². The number of benzene rings is 1. The maximum Gasteiger partial charge on any atom is 0.257 e. The van der Waals surface area contributed by atoms with Crippen LogP contribution in [0.2, 0.25) is 0 Å². The summed E-state index contributed by atoms with van der Waals surface area (Å²) in [5.74, 6) is -0.673. The lowest BCUT2D eigenvalue weighted by Crippen LogP contribution is -3.13. The molecule has 1 amide bonds. The summed E-state index contributed by atoms with van der Waals surface area (Å²) in [7, 11) is 0. The molecule has 0 spiro atoms. The Morgan fingerprint density at radius 1 is 1.32 bits per heavy atom. The van der Waals surface area contributed by atoms with Crippen LogP contribution in [-0.2, 0) is 6.54 Å². The molecule has 0 unspecified atom stereocenters. The topological polar surface area (TPSA) is 24.8 Å². The van der Waals surface area contributed by atoms with E-state index in [-0.39, 0.29) is 11.5 Å². The maximum absolute atomic E-state index is 13.9. The molecule has 22 heavy (non-hydrogen) atoms. The number of amides is 1. The largest absolute Gasteiger partial charge is 0.328 e. The Labute approximate surface area is 141 Å². The Kier molecular flexibility index (Phi) is 4.90. The summed E-state index contributed by atoms with van der Waals surface area (Å²) in [5, 5.41) is 2.09. The molecule has 0 saturated carbocycles. The molecule has 3 rings (SSSR count). The van der Waals surface area contributed by atoms with E-state index >= 15 is 0 Å². The third kappa shape index (κ3) is 3.56. The van der Waals surface area contributed by atoms with E-state index in [1.807, 2.05) is 0 Å². The van der Waals surface area contributed by atoms with Gasteiger partial charge in [0.1, 0.15) is 12.4 Å². The van der Waals surface area contributed by atoms with Gasteiger partial charge in [0.15, 0.2) is 0 Å². The van der Waals surface area contributed by atoms with Crippen molar-refractivity contribution in [1.29, 1.82) is 0 Å². The summed E-state index contributed by atoms with van der Waals surface area (Å²) in [5.41, 5.74) is 0.157. The van der Waals surface area contributed by atoms with Crippen LogP contribution < -0.4 is 4.90 Å². The van der Waals surface area contributed by atoms with Crippen LogP contribution in [0.4, 0.5) is 4.39 Å². The number of carbonyl (C=O) groups excluding carboxylic acids is 1. The first kappa shape index (κ1) is 15.6. The number of carbonyl (C=O) groups is 1. The lowest BCUT2D eigenvalue weighted by molar-refractivity contribution is -0.917. The highest BCUT2D eigenvalue weighted by molar-refractivity contribution is 9.10. The van der Waals surface area contributed by atoms with Gasteiger partial charge in [0, 0.05) is 4.47 Å². The predicted molar refractivity (Wildman–Crippen MR) is 88.7 cm³/mol. The molecule has 1 fully saturated rings. The second-order valence-electron chi connectivity index (χ2n) is 5.42. The van der Waals surface area contributed by atoms with Crippen LogP contribution in [0.25, 0.3) is 0 Å².